The Balaban J connectivity index is 1.55. The number of likely N-dealkylation sites (N-methyl/N-ethyl adjacent to an activating group) is 1. The van der Waals surface area contributed by atoms with E-state index in [1.54, 1.807) is 26.1 Å². The average Bonchev–Trinajstić information content (AvgIpc) is 3.27. The molecule has 0 spiro atoms. The maximum absolute atomic E-state index is 13.9. The van der Waals surface area contributed by atoms with Gasteiger partial charge in [-0.15, -0.1) is 0 Å². The van der Waals surface area contributed by atoms with Crippen LogP contribution in [-0.2, 0) is 6.18 Å². The second kappa shape index (κ2) is 9.96. The normalized spacial score (nSPS) is 19.3. The first kappa shape index (κ1) is 27.2. The van der Waals surface area contributed by atoms with Gasteiger partial charge in [-0.2, -0.15) is 18.3 Å². The molecule has 2 atom stereocenters. The van der Waals surface area contributed by atoms with Crippen LogP contribution in [0.5, 0.6) is 0 Å². The number of halogens is 5. The number of aromatic nitrogens is 3. The van der Waals surface area contributed by atoms with E-state index in [1.807, 2.05) is 12.1 Å². The highest BCUT2D eigenvalue weighted by atomic mass is 19.4. The van der Waals surface area contributed by atoms with Crippen molar-refractivity contribution in [1.82, 2.24) is 25.4 Å². The van der Waals surface area contributed by atoms with E-state index in [9.17, 15) is 22.0 Å². The number of nitrogens with zero attached hydrogens (tertiary/aromatic N) is 3. The molecule has 3 aromatic rings. The molecule has 0 amide bonds. The summed E-state index contributed by atoms with van der Waals surface area (Å²) in [7, 11) is 1.65. The van der Waals surface area contributed by atoms with Gasteiger partial charge >= 0.3 is 6.18 Å². The van der Waals surface area contributed by atoms with Crippen molar-refractivity contribution in [2.45, 2.75) is 69.1 Å². The van der Waals surface area contributed by atoms with Crippen LogP contribution in [0.1, 0.15) is 67.9 Å². The Hall–Kier alpha value is -3.41. The molecule has 2 unspecified atom stereocenters. The Morgan fingerprint density at radius 3 is 2.54 bits per heavy atom. The van der Waals surface area contributed by atoms with Gasteiger partial charge in [0.15, 0.2) is 0 Å². The second-order valence-corrected chi connectivity index (χ2v) is 10.7. The molecule has 2 aromatic heterocycles. The molecular formula is C27H30F5N7. The predicted octanol–water partition coefficient (Wildman–Crippen LogP) is 6.49. The van der Waals surface area contributed by atoms with Crippen molar-refractivity contribution in [3.63, 3.8) is 0 Å². The van der Waals surface area contributed by atoms with Crippen LogP contribution in [0.4, 0.5) is 22.0 Å². The summed E-state index contributed by atoms with van der Waals surface area (Å²) >= 11 is 0. The lowest BCUT2D eigenvalue weighted by Gasteiger charge is -2.37. The van der Waals surface area contributed by atoms with Gasteiger partial charge in [0.2, 0.25) is 0 Å². The minimum atomic E-state index is -4.72. The summed E-state index contributed by atoms with van der Waals surface area (Å²) in [5.74, 6) is -2.50. The smallest absolute Gasteiger partial charge is 0.324 e. The molecule has 7 nitrogen and oxygen atoms in total. The second-order valence-electron chi connectivity index (χ2n) is 10.7. The number of hydrogen-bond acceptors (Lipinski definition) is 5. The molecule has 208 valence electrons. The third kappa shape index (κ3) is 5.26. The number of aromatic amines is 1. The summed E-state index contributed by atoms with van der Waals surface area (Å²) < 4.78 is 68.3. The first-order valence-corrected chi connectivity index (χ1v) is 12.9. The standard InChI is InChI=1S/C27H30F5N7/c1-14(35-18-11-26(28,29)12-18)22-24-19(10-20(36-22)27(30,31)32)23(37-38-24)17-8-4-7-16(9-17)21(15-5-3-6-15)25(34)39(2)13-33/h4,7-10,13-15,18,21,33-35H,3,5-6,11-12H2,1-2H3,(H,37,38). The third-order valence-corrected chi connectivity index (χ3v) is 7.87. The van der Waals surface area contributed by atoms with Crippen LogP contribution in [-0.4, -0.2) is 51.3 Å². The molecular weight excluding hydrogens is 517 g/mol. The lowest BCUT2D eigenvalue weighted by atomic mass is 9.72. The molecule has 0 radical (unpaired) electrons. The minimum absolute atomic E-state index is 0.0617. The van der Waals surface area contributed by atoms with Crippen molar-refractivity contribution >= 4 is 23.1 Å². The number of fused-ring (bicyclic) bond motifs is 1. The summed E-state index contributed by atoms with van der Waals surface area (Å²) in [6, 6.07) is 7.00. The lowest BCUT2D eigenvalue weighted by Crippen LogP contribution is -2.49. The molecule has 0 saturated heterocycles. The van der Waals surface area contributed by atoms with Crippen molar-refractivity contribution in [3.05, 3.63) is 47.3 Å². The fraction of sp³-hybridized carbons (Fsp3) is 0.481. The van der Waals surface area contributed by atoms with E-state index in [4.69, 9.17) is 10.8 Å². The summed E-state index contributed by atoms with van der Waals surface area (Å²) in [5, 5.41) is 26.6. The number of H-pyrrole nitrogens is 1. The Morgan fingerprint density at radius 1 is 1.23 bits per heavy atom. The van der Waals surface area contributed by atoms with Gasteiger partial charge in [-0.05, 0) is 43.4 Å². The van der Waals surface area contributed by atoms with Gasteiger partial charge in [-0.25, -0.2) is 13.8 Å². The monoisotopic (exact) mass is 547 g/mol. The van der Waals surface area contributed by atoms with Gasteiger partial charge in [-0.3, -0.25) is 15.9 Å². The zero-order chi connectivity index (χ0) is 28.1. The van der Waals surface area contributed by atoms with Crippen LogP contribution in [0, 0.1) is 16.7 Å². The number of benzene rings is 1. The summed E-state index contributed by atoms with van der Waals surface area (Å²) in [5.41, 5.74) is 1.00. The van der Waals surface area contributed by atoms with E-state index in [0.717, 1.165) is 37.2 Å². The van der Waals surface area contributed by atoms with Crippen molar-refractivity contribution in [2.75, 3.05) is 7.05 Å². The highest BCUT2D eigenvalue weighted by molar-refractivity contribution is 5.96. The van der Waals surface area contributed by atoms with Crippen molar-refractivity contribution in [2.24, 2.45) is 5.92 Å². The molecule has 2 saturated carbocycles. The van der Waals surface area contributed by atoms with Crippen molar-refractivity contribution in [3.8, 4) is 11.3 Å². The Bertz CT molecular complexity index is 1390. The first-order valence-electron chi connectivity index (χ1n) is 12.9. The molecule has 2 aliphatic rings. The van der Waals surface area contributed by atoms with Crippen LogP contribution >= 0.6 is 0 Å². The van der Waals surface area contributed by atoms with Crippen molar-refractivity contribution in [1.29, 1.82) is 10.8 Å². The molecule has 0 bridgehead atoms. The summed E-state index contributed by atoms with van der Waals surface area (Å²) in [6.45, 7) is 1.61. The van der Waals surface area contributed by atoms with Crippen LogP contribution < -0.4 is 5.32 Å². The van der Waals surface area contributed by atoms with Crippen LogP contribution in [0.25, 0.3) is 22.2 Å². The first-order chi connectivity index (χ1) is 18.4. The van der Waals surface area contributed by atoms with Crippen LogP contribution in [0.3, 0.4) is 0 Å². The van der Waals surface area contributed by atoms with E-state index in [0.29, 0.717) is 16.8 Å². The zero-order valence-electron chi connectivity index (χ0n) is 21.5. The van der Waals surface area contributed by atoms with E-state index in [-0.39, 0.29) is 41.6 Å². The topological polar surface area (TPSA) is 105 Å². The van der Waals surface area contributed by atoms with E-state index < -0.39 is 29.9 Å². The molecule has 2 fully saturated rings. The Labute approximate surface area is 222 Å². The van der Waals surface area contributed by atoms with Crippen LogP contribution in [0.15, 0.2) is 30.3 Å². The Morgan fingerprint density at radius 2 is 1.95 bits per heavy atom. The molecule has 39 heavy (non-hydrogen) atoms. The third-order valence-electron chi connectivity index (χ3n) is 7.87. The quantitative estimate of drug-likeness (QED) is 0.147. The number of nitrogens with one attached hydrogen (secondary N) is 4. The predicted molar refractivity (Wildman–Crippen MR) is 138 cm³/mol. The van der Waals surface area contributed by atoms with Gasteiger partial charge in [0.05, 0.1) is 17.5 Å². The highest BCUT2D eigenvalue weighted by Crippen LogP contribution is 2.43. The molecule has 2 aliphatic carbocycles. The van der Waals surface area contributed by atoms with Crippen LogP contribution in [0.2, 0.25) is 0 Å². The van der Waals surface area contributed by atoms with Gasteiger partial charge in [-0.1, -0.05) is 24.6 Å². The van der Waals surface area contributed by atoms with E-state index in [1.165, 1.54) is 4.90 Å². The molecule has 4 N–H and O–H groups in total. The number of hydrogen-bond donors (Lipinski definition) is 4. The number of amidine groups is 1. The molecule has 5 rings (SSSR count). The number of rotatable bonds is 8. The fourth-order valence-electron chi connectivity index (χ4n) is 5.53. The Kier molecular flexibility index (Phi) is 6.94. The summed E-state index contributed by atoms with van der Waals surface area (Å²) in [4.78, 5) is 5.32. The minimum Gasteiger partial charge on any atom is -0.324 e. The maximum atomic E-state index is 13.9. The molecule has 0 aliphatic heterocycles. The van der Waals surface area contributed by atoms with E-state index >= 15 is 0 Å². The average molecular weight is 548 g/mol. The van der Waals surface area contributed by atoms with Gasteiger partial charge in [0.1, 0.15) is 17.2 Å². The lowest BCUT2D eigenvalue weighted by molar-refractivity contribution is -0.141. The van der Waals surface area contributed by atoms with Gasteiger partial charge in [0.25, 0.3) is 5.92 Å². The van der Waals surface area contributed by atoms with E-state index in [2.05, 4.69) is 20.5 Å². The number of alkyl halides is 5. The molecule has 1 aromatic carbocycles. The highest BCUT2D eigenvalue weighted by Gasteiger charge is 2.46. The van der Waals surface area contributed by atoms with Gasteiger partial charge in [0, 0.05) is 48.8 Å². The largest absolute Gasteiger partial charge is 0.433 e. The zero-order valence-corrected chi connectivity index (χ0v) is 21.5. The molecule has 2 heterocycles. The van der Waals surface area contributed by atoms with Gasteiger partial charge < -0.3 is 10.2 Å². The maximum Gasteiger partial charge on any atom is 0.433 e. The number of pyridine rings is 1. The van der Waals surface area contributed by atoms with Crippen molar-refractivity contribution < 1.29 is 22.0 Å². The molecule has 12 heteroatoms. The fourth-order valence-corrected chi connectivity index (χ4v) is 5.53. The summed E-state index contributed by atoms with van der Waals surface area (Å²) in [6.07, 6.45) is -1.40. The SMILES string of the molecule is CC(NC1CC(F)(F)C1)c1nc(C(F)(F)F)cc2c(-c3cccc(C(C(=N)N(C)C=N)C4CCC4)c3)n[nH]c12.